The van der Waals surface area contributed by atoms with Gasteiger partial charge in [0, 0.05) is 17.3 Å². The topological polar surface area (TPSA) is 25.2 Å². The zero-order valence-electron chi connectivity index (χ0n) is 7.22. The van der Waals surface area contributed by atoms with Crippen molar-refractivity contribution in [1.29, 1.82) is 0 Å². The van der Waals surface area contributed by atoms with E-state index in [1.165, 1.54) is 0 Å². The molecule has 2 rings (SSSR count). The maximum atomic E-state index is 4.24. The first-order valence-electron chi connectivity index (χ1n) is 4.05. The van der Waals surface area contributed by atoms with Gasteiger partial charge >= 0.3 is 0 Å². The Hall–Kier alpha value is -1.00. The van der Waals surface area contributed by atoms with Crippen LogP contribution in [0, 0.1) is 0 Å². The summed E-state index contributed by atoms with van der Waals surface area (Å²) in [7, 11) is 0. The summed E-state index contributed by atoms with van der Waals surface area (Å²) in [5.74, 6) is 0.733. The molecule has 4 heteroatoms. The number of nitrogens with zero attached hydrogens (tertiary/aromatic N) is 2. The Morgan fingerprint density at radius 3 is 2.86 bits per heavy atom. The van der Waals surface area contributed by atoms with Gasteiger partial charge in [0.2, 0.25) is 0 Å². The van der Waals surface area contributed by atoms with Crippen molar-refractivity contribution in [3.05, 3.63) is 45.2 Å². The third-order valence-electron chi connectivity index (χ3n) is 1.57. The van der Waals surface area contributed by atoms with Crippen LogP contribution >= 0.6 is 27.3 Å². The van der Waals surface area contributed by atoms with Gasteiger partial charge in [-0.25, -0.2) is 9.98 Å². The molecule has 2 nitrogen and oxygen atoms in total. The molecule has 0 unspecified atom stereocenters. The molecule has 2 heterocycles. The lowest BCUT2D eigenvalue weighted by Crippen LogP contribution is -1.74. The van der Waals surface area contributed by atoms with Gasteiger partial charge in [-0.1, -0.05) is 6.07 Å². The van der Waals surface area contributed by atoms with Crippen molar-refractivity contribution in [3.63, 3.8) is 0 Å². The van der Waals surface area contributed by atoms with Gasteiger partial charge < -0.3 is 0 Å². The summed E-state index contributed by atoms with van der Waals surface area (Å²) in [5, 5.41) is 0. The molecule has 0 saturated heterocycles. The highest BCUT2D eigenvalue weighted by Crippen LogP contribution is 2.20. The fourth-order valence-electron chi connectivity index (χ4n) is 0.958. The summed E-state index contributed by atoms with van der Waals surface area (Å²) in [4.78, 5) is 9.45. The molecular formula is C10H7BrN2S. The van der Waals surface area contributed by atoms with Crippen molar-refractivity contribution >= 4 is 39.3 Å². The van der Waals surface area contributed by atoms with E-state index in [2.05, 4.69) is 25.9 Å². The van der Waals surface area contributed by atoms with E-state index in [-0.39, 0.29) is 0 Å². The smallest absolute Gasteiger partial charge is 0.151 e. The van der Waals surface area contributed by atoms with Crippen LogP contribution in [-0.4, -0.2) is 11.2 Å². The van der Waals surface area contributed by atoms with Crippen molar-refractivity contribution < 1.29 is 0 Å². The Balaban J connectivity index is 2.15. The normalized spacial score (nSPS) is 10.9. The monoisotopic (exact) mass is 266 g/mol. The second-order valence-electron chi connectivity index (χ2n) is 2.59. The van der Waals surface area contributed by atoms with Crippen molar-refractivity contribution in [2.24, 2.45) is 4.99 Å². The average Bonchev–Trinajstić information content (AvgIpc) is 2.63. The molecule has 0 N–H and O–H groups in total. The molecule has 14 heavy (non-hydrogen) atoms. The van der Waals surface area contributed by atoms with Gasteiger partial charge in [0.1, 0.15) is 0 Å². The molecule has 0 aliphatic heterocycles. The number of aliphatic imine (C=N–C) groups is 1. The van der Waals surface area contributed by atoms with Crippen LogP contribution in [0.25, 0.3) is 0 Å². The molecule has 0 aliphatic carbocycles. The standard InChI is InChI=1S/C10H7BrN2S/c11-9-5-4-8(14-9)7-13-10-3-1-2-6-12-10/h1-7H. The molecule has 0 aromatic carbocycles. The first kappa shape index (κ1) is 9.55. The molecule has 0 radical (unpaired) electrons. The molecule has 0 saturated carbocycles. The summed E-state index contributed by atoms with van der Waals surface area (Å²) in [6, 6.07) is 9.69. The maximum absolute atomic E-state index is 4.24. The van der Waals surface area contributed by atoms with Gasteiger partial charge in [-0.15, -0.1) is 11.3 Å². The van der Waals surface area contributed by atoms with E-state index in [1.807, 2.05) is 36.5 Å². The second kappa shape index (κ2) is 4.48. The number of rotatable bonds is 2. The predicted molar refractivity (Wildman–Crippen MR) is 63.5 cm³/mol. The van der Waals surface area contributed by atoms with Crippen LogP contribution in [-0.2, 0) is 0 Å². The molecule has 0 bridgehead atoms. The van der Waals surface area contributed by atoms with Gasteiger partial charge in [0.15, 0.2) is 5.82 Å². The number of pyridine rings is 1. The zero-order valence-corrected chi connectivity index (χ0v) is 9.62. The van der Waals surface area contributed by atoms with Crippen molar-refractivity contribution in [2.45, 2.75) is 0 Å². The summed E-state index contributed by atoms with van der Waals surface area (Å²) < 4.78 is 1.11. The van der Waals surface area contributed by atoms with Gasteiger partial charge in [-0.05, 0) is 40.2 Å². The first-order valence-corrected chi connectivity index (χ1v) is 5.66. The van der Waals surface area contributed by atoms with Crippen molar-refractivity contribution in [3.8, 4) is 0 Å². The molecule has 2 aromatic heterocycles. The largest absolute Gasteiger partial charge is 0.237 e. The van der Waals surface area contributed by atoms with E-state index >= 15 is 0 Å². The number of hydrogen-bond donors (Lipinski definition) is 0. The molecule has 0 spiro atoms. The number of thiophene rings is 1. The fourth-order valence-corrected chi connectivity index (χ4v) is 2.25. The Bertz CT molecular complexity index is 436. The van der Waals surface area contributed by atoms with Gasteiger partial charge in [0.25, 0.3) is 0 Å². The van der Waals surface area contributed by atoms with E-state index in [0.29, 0.717) is 0 Å². The highest BCUT2D eigenvalue weighted by atomic mass is 79.9. The predicted octanol–water partition coefficient (Wildman–Crippen LogP) is 3.66. The Kier molecular flexibility index (Phi) is 3.06. The first-order chi connectivity index (χ1) is 6.84. The minimum absolute atomic E-state index is 0.733. The summed E-state index contributed by atoms with van der Waals surface area (Å²) in [6.07, 6.45) is 3.55. The van der Waals surface area contributed by atoms with Crippen LogP contribution in [0.15, 0.2) is 45.3 Å². The van der Waals surface area contributed by atoms with Gasteiger partial charge in [-0.2, -0.15) is 0 Å². The lowest BCUT2D eigenvalue weighted by atomic mass is 10.4. The van der Waals surface area contributed by atoms with E-state index in [9.17, 15) is 0 Å². The number of hydrogen-bond acceptors (Lipinski definition) is 3. The highest BCUT2D eigenvalue weighted by molar-refractivity contribution is 9.11. The summed E-state index contributed by atoms with van der Waals surface area (Å²) >= 11 is 5.05. The molecule has 0 fully saturated rings. The van der Waals surface area contributed by atoms with Crippen LogP contribution in [0.1, 0.15) is 4.88 Å². The lowest BCUT2D eigenvalue weighted by Gasteiger charge is -1.88. The molecular weight excluding hydrogens is 260 g/mol. The summed E-state index contributed by atoms with van der Waals surface area (Å²) in [6.45, 7) is 0. The molecule has 0 amide bonds. The Morgan fingerprint density at radius 2 is 2.21 bits per heavy atom. The summed E-state index contributed by atoms with van der Waals surface area (Å²) in [5.41, 5.74) is 0. The molecule has 2 aromatic rings. The lowest BCUT2D eigenvalue weighted by molar-refractivity contribution is 1.28. The van der Waals surface area contributed by atoms with Gasteiger partial charge in [-0.3, -0.25) is 0 Å². The van der Waals surface area contributed by atoms with Crippen LogP contribution in [0.5, 0.6) is 0 Å². The quantitative estimate of drug-likeness (QED) is 0.762. The van der Waals surface area contributed by atoms with Crippen molar-refractivity contribution in [2.75, 3.05) is 0 Å². The van der Waals surface area contributed by atoms with Crippen LogP contribution in [0.4, 0.5) is 5.82 Å². The number of halogens is 1. The van der Waals surface area contributed by atoms with E-state index in [1.54, 1.807) is 17.5 Å². The second-order valence-corrected chi connectivity index (χ2v) is 5.08. The maximum Gasteiger partial charge on any atom is 0.151 e. The fraction of sp³-hybridized carbons (Fsp3) is 0. The zero-order chi connectivity index (χ0) is 9.80. The van der Waals surface area contributed by atoms with Crippen LogP contribution in [0.3, 0.4) is 0 Å². The van der Waals surface area contributed by atoms with Crippen LogP contribution < -0.4 is 0 Å². The van der Waals surface area contributed by atoms with E-state index in [4.69, 9.17) is 0 Å². The molecule has 0 aliphatic rings. The minimum Gasteiger partial charge on any atom is -0.237 e. The molecule has 0 atom stereocenters. The van der Waals surface area contributed by atoms with Crippen molar-refractivity contribution in [1.82, 2.24) is 4.98 Å². The number of aromatic nitrogens is 1. The third kappa shape index (κ3) is 2.49. The van der Waals surface area contributed by atoms with E-state index in [0.717, 1.165) is 14.5 Å². The third-order valence-corrected chi connectivity index (χ3v) is 3.13. The minimum atomic E-state index is 0.733. The highest BCUT2D eigenvalue weighted by Gasteiger charge is 1.93. The SMILES string of the molecule is Brc1ccc(C=Nc2ccccn2)s1. The Labute approximate surface area is 94.5 Å². The van der Waals surface area contributed by atoms with Gasteiger partial charge in [0.05, 0.1) is 3.79 Å². The average molecular weight is 267 g/mol. The Morgan fingerprint density at radius 1 is 1.29 bits per heavy atom. The van der Waals surface area contributed by atoms with Crippen LogP contribution in [0.2, 0.25) is 0 Å². The molecule has 70 valence electrons. The van der Waals surface area contributed by atoms with E-state index < -0.39 is 0 Å².